The molecule has 0 aromatic rings. The van der Waals surface area contributed by atoms with Crippen molar-refractivity contribution in [2.45, 2.75) is 82.8 Å². The lowest BCUT2D eigenvalue weighted by molar-refractivity contribution is 0.0680. The minimum absolute atomic E-state index is 0.157. The van der Waals surface area contributed by atoms with Crippen molar-refractivity contribution in [1.29, 1.82) is 0 Å². The van der Waals surface area contributed by atoms with Gasteiger partial charge in [0.05, 0.1) is 12.2 Å². The number of aliphatic hydroxyl groups excluding tert-OH is 2. The standard InChI is InChI=1S/C15H28O2/c16-14(11-12-5-1-2-6-12)9-10-15(17)13-7-3-4-8-13/h12-17H,1-11H2. The summed E-state index contributed by atoms with van der Waals surface area (Å²) in [6, 6.07) is 0. The van der Waals surface area contributed by atoms with Crippen LogP contribution >= 0.6 is 0 Å². The Bertz CT molecular complexity index is 205. The van der Waals surface area contributed by atoms with Crippen LogP contribution in [0.1, 0.15) is 70.6 Å². The van der Waals surface area contributed by atoms with E-state index in [0.717, 1.165) is 25.2 Å². The average molecular weight is 240 g/mol. The second-order valence-electron chi connectivity index (χ2n) is 6.23. The van der Waals surface area contributed by atoms with Crippen LogP contribution in [0.3, 0.4) is 0 Å². The number of hydrogen-bond donors (Lipinski definition) is 2. The van der Waals surface area contributed by atoms with Crippen LogP contribution in [0.15, 0.2) is 0 Å². The summed E-state index contributed by atoms with van der Waals surface area (Å²) < 4.78 is 0. The van der Waals surface area contributed by atoms with E-state index < -0.39 is 0 Å². The lowest BCUT2D eigenvalue weighted by Gasteiger charge is -2.20. The lowest BCUT2D eigenvalue weighted by Crippen LogP contribution is -2.21. The second kappa shape index (κ2) is 6.75. The minimum atomic E-state index is -0.172. The molecular formula is C15H28O2. The van der Waals surface area contributed by atoms with Gasteiger partial charge in [-0.1, -0.05) is 38.5 Å². The summed E-state index contributed by atoms with van der Waals surface area (Å²) in [5.74, 6) is 1.28. The maximum Gasteiger partial charge on any atom is 0.0569 e. The van der Waals surface area contributed by atoms with Crippen LogP contribution in [0, 0.1) is 11.8 Å². The Morgan fingerprint density at radius 3 is 2.06 bits per heavy atom. The molecule has 2 N–H and O–H groups in total. The third-order valence-electron chi connectivity index (χ3n) is 4.82. The van der Waals surface area contributed by atoms with E-state index in [0.29, 0.717) is 5.92 Å². The van der Waals surface area contributed by atoms with Crippen molar-refractivity contribution >= 4 is 0 Å². The van der Waals surface area contributed by atoms with Gasteiger partial charge in [0.2, 0.25) is 0 Å². The topological polar surface area (TPSA) is 40.5 Å². The fraction of sp³-hybridized carbons (Fsp3) is 1.00. The Balaban J connectivity index is 1.59. The van der Waals surface area contributed by atoms with Crippen molar-refractivity contribution in [1.82, 2.24) is 0 Å². The van der Waals surface area contributed by atoms with Gasteiger partial charge in [0.1, 0.15) is 0 Å². The van der Waals surface area contributed by atoms with E-state index >= 15 is 0 Å². The van der Waals surface area contributed by atoms with Gasteiger partial charge in [-0.05, 0) is 43.9 Å². The van der Waals surface area contributed by atoms with Gasteiger partial charge >= 0.3 is 0 Å². The highest BCUT2D eigenvalue weighted by molar-refractivity contribution is 4.77. The first-order valence-electron chi connectivity index (χ1n) is 7.62. The van der Waals surface area contributed by atoms with Crippen LogP contribution in [-0.4, -0.2) is 22.4 Å². The molecule has 17 heavy (non-hydrogen) atoms. The van der Waals surface area contributed by atoms with E-state index in [1.807, 2.05) is 0 Å². The molecule has 2 atom stereocenters. The molecule has 2 fully saturated rings. The summed E-state index contributed by atoms with van der Waals surface area (Å²) in [7, 11) is 0. The van der Waals surface area contributed by atoms with Crippen LogP contribution in [0.5, 0.6) is 0 Å². The van der Waals surface area contributed by atoms with Crippen LogP contribution in [0.25, 0.3) is 0 Å². The van der Waals surface area contributed by atoms with Gasteiger partial charge in [-0.3, -0.25) is 0 Å². The summed E-state index contributed by atoms with van der Waals surface area (Å²) in [6.45, 7) is 0. The van der Waals surface area contributed by atoms with Crippen LogP contribution in [0.4, 0.5) is 0 Å². The molecule has 0 radical (unpaired) electrons. The zero-order chi connectivity index (χ0) is 12.1. The third kappa shape index (κ3) is 4.26. The highest BCUT2D eigenvalue weighted by Gasteiger charge is 2.24. The molecular weight excluding hydrogens is 212 g/mol. The van der Waals surface area contributed by atoms with Gasteiger partial charge in [-0.15, -0.1) is 0 Å². The van der Waals surface area contributed by atoms with Crippen molar-refractivity contribution < 1.29 is 10.2 Å². The largest absolute Gasteiger partial charge is 0.393 e. The SMILES string of the molecule is OC(CCC(O)C1CCCC1)CC1CCCC1. The normalized spacial score (nSPS) is 26.5. The van der Waals surface area contributed by atoms with E-state index in [2.05, 4.69) is 0 Å². The average Bonchev–Trinajstić information content (AvgIpc) is 2.97. The van der Waals surface area contributed by atoms with Crippen molar-refractivity contribution in [3.05, 3.63) is 0 Å². The predicted octanol–water partition coefficient (Wildman–Crippen LogP) is 3.26. The van der Waals surface area contributed by atoms with Crippen molar-refractivity contribution in [3.8, 4) is 0 Å². The first-order valence-corrected chi connectivity index (χ1v) is 7.62. The number of hydrogen-bond acceptors (Lipinski definition) is 2. The van der Waals surface area contributed by atoms with E-state index in [-0.39, 0.29) is 12.2 Å². The van der Waals surface area contributed by atoms with Gasteiger partial charge in [-0.25, -0.2) is 0 Å². The van der Waals surface area contributed by atoms with Crippen LogP contribution in [-0.2, 0) is 0 Å². The van der Waals surface area contributed by atoms with E-state index in [1.165, 1.54) is 51.4 Å². The molecule has 0 saturated heterocycles. The third-order valence-corrected chi connectivity index (χ3v) is 4.82. The van der Waals surface area contributed by atoms with E-state index in [1.54, 1.807) is 0 Å². The Morgan fingerprint density at radius 2 is 1.41 bits per heavy atom. The summed E-state index contributed by atoms with van der Waals surface area (Å²) >= 11 is 0. The molecule has 0 bridgehead atoms. The first kappa shape index (κ1) is 13.4. The summed E-state index contributed by atoms with van der Waals surface area (Å²) in [4.78, 5) is 0. The molecule has 2 unspecified atom stereocenters. The number of rotatable bonds is 6. The molecule has 2 saturated carbocycles. The van der Waals surface area contributed by atoms with Gasteiger partial charge in [0.15, 0.2) is 0 Å². The summed E-state index contributed by atoms with van der Waals surface area (Å²) in [5, 5.41) is 20.0. The fourth-order valence-corrected chi connectivity index (χ4v) is 3.69. The predicted molar refractivity (Wildman–Crippen MR) is 69.8 cm³/mol. The van der Waals surface area contributed by atoms with E-state index in [9.17, 15) is 10.2 Å². The molecule has 2 heteroatoms. The smallest absolute Gasteiger partial charge is 0.0569 e. The molecule has 2 rings (SSSR count). The molecule has 0 spiro atoms. The first-order chi connectivity index (χ1) is 8.25. The van der Waals surface area contributed by atoms with E-state index in [4.69, 9.17) is 0 Å². The van der Waals surface area contributed by atoms with Gasteiger partial charge in [0.25, 0.3) is 0 Å². The maximum atomic E-state index is 10.0. The van der Waals surface area contributed by atoms with Crippen molar-refractivity contribution in [3.63, 3.8) is 0 Å². The maximum absolute atomic E-state index is 10.0. The molecule has 0 aliphatic heterocycles. The molecule has 0 aromatic carbocycles. The zero-order valence-electron chi connectivity index (χ0n) is 11.0. The molecule has 2 aliphatic rings. The molecule has 0 aromatic heterocycles. The highest BCUT2D eigenvalue weighted by atomic mass is 16.3. The highest BCUT2D eigenvalue weighted by Crippen LogP contribution is 2.32. The second-order valence-corrected chi connectivity index (χ2v) is 6.23. The lowest BCUT2D eigenvalue weighted by atomic mass is 9.92. The van der Waals surface area contributed by atoms with Crippen LogP contribution in [0.2, 0.25) is 0 Å². The fourth-order valence-electron chi connectivity index (χ4n) is 3.69. The minimum Gasteiger partial charge on any atom is -0.393 e. The molecule has 0 amide bonds. The molecule has 2 aliphatic carbocycles. The van der Waals surface area contributed by atoms with Crippen molar-refractivity contribution in [2.24, 2.45) is 11.8 Å². The quantitative estimate of drug-likeness (QED) is 0.748. The zero-order valence-corrected chi connectivity index (χ0v) is 11.0. The van der Waals surface area contributed by atoms with Gasteiger partial charge in [-0.2, -0.15) is 0 Å². The molecule has 0 heterocycles. The summed E-state index contributed by atoms with van der Waals surface area (Å²) in [5.41, 5.74) is 0. The van der Waals surface area contributed by atoms with Crippen molar-refractivity contribution in [2.75, 3.05) is 0 Å². The number of aliphatic hydroxyl groups is 2. The Kier molecular flexibility index (Phi) is 5.30. The summed E-state index contributed by atoms with van der Waals surface area (Å²) in [6.07, 6.45) is 12.5. The Labute approximate surface area is 105 Å². The van der Waals surface area contributed by atoms with Gasteiger partial charge < -0.3 is 10.2 Å². The van der Waals surface area contributed by atoms with Crippen LogP contribution < -0.4 is 0 Å². The Morgan fingerprint density at radius 1 is 0.824 bits per heavy atom. The molecule has 2 nitrogen and oxygen atoms in total. The molecule has 100 valence electrons. The monoisotopic (exact) mass is 240 g/mol. The van der Waals surface area contributed by atoms with Gasteiger partial charge in [0, 0.05) is 0 Å². The Hall–Kier alpha value is -0.0800.